The number of aliphatic hydroxyl groups is 1. The molecule has 2 heterocycles. The van der Waals surface area contributed by atoms with Gasteiger partial charge in [0.05, 0.1) is 10.5 Å². The van der Waals surface area contributed by atoms with E-state index in [1.807, 2.05) is 17.8 Å². The first-order valence-electron chi connectivity index (χ1n) is 7.22. The Kier molecular flexibility index (Phi) is 5.52. The molecule has 2 N–H and O–H groups in total. The fourth-order valence-corrected chi connectivity index (χ4v) is 4.65. The second kappa shape index (κ2) is 6.96. The molecule has 0 unspecified atom stereocenters. The summed E-state index contributed by atoms with van der Waals surface area (Å²) in [6.45, 7) is 4.58. The summed E-state index contributed by atoms with van der Waals surface area (Å²) in [6.07, 6.45) is 3.65. The van der Waals surface area contributed by atoms with Gasteiger partial charge in [0.2, 0.25) is 0 Å². The zero-order chi connectivity index (χ0) is 14.6. The molecule has 20 heavy (non-hydrogen) atoms. The Bertz CT molecular complexity index is 464. The zero-order valence-electron chi connectivity index (χ0n) is 12.2. The summed E-state index contributed by atoms with van der Waals surface area (Å²) in [5.74, 6) is 1.91. The molecule has 1 amide bonds. The van der Waals surface area contributed by atoms with Gasteiger partial charge in [-0.2, -0.15) is 11.8 Å². The number of hydrogen-bond acceptors (Lipinski definition) is 4. The van der Waals surface area contributed by atoms with E-state index in [1.165, 1.54) is 10.4 Å². The topological polar surface area (TPSA) is 49.3 Å². The lowest BCUT2D eigenvalue weighted by Gasteiger charge is -2.31. The molecular formula is C15H23NO2S2. The molecule has 3 nitrogen and oxygen atoms in total. The average molecular weight is 313 g/mol. The molecule has 0 aromatic carbocycles. The minimum atomic E-state index is -0.709. The number of rotatable bonds is 5. The number of carbonyl (C=O) groups excluding carboxylic acids is 1. The van der Waals surface area contributed by atoms with Gasteiger partial charge >= 0.3 is 0 Å². The van der Waals surface area contributed by atoms with Crippen LogP contribution in [0.1, 0.15) is 46.3 Å². The van der Waals surface area contributed by atoms with Gasteiger partial charge in [0, 0.05) is 11.4 Å². The number of aryl methyl sites for hydroxylation is 2. The number of thioether (sulfide) groups is 1. The molecule has 1 aromatic heterocycles. The maximum Gasteiger partial charge on any atom is 0.261 e. The van der Waals surface area contributed by atoms with Crippen molar-refractivity contribution in [1.29, 1.82) is 0 Å². The van der Waals surface area contributed by atoms with E-state index < -0.39 is 5.60 Å². The SMILES string of the molecule is CCCc1cc(C(=O)NCC2(O)CCSCC2)sc1C. The molecule has 2 rings (SSSR count). The molecule has 0 radical (unpaired) electrons. The first kappa shape index (κ1) is 15.9. The van der Waals surface area contributed by atoms with Crippen LogP contribution in [-0.4, -0.2) is 34.7 Å². The third-order valence-electron chi connectivity index (χ3n) is 3.77. The van der Waals surface area contributed by atoms with Crippen LogP contribution < -0.4 is 5.32 Å². The Morgan fingerprint density at radius 3 is 2.80 bits per heavy atom. The Morgan fingerprint density at radius 2 is 2.15 bits per heavy atom. The van der Waals surface area contributed by atoms with Crippen molar-refractivity contribution >= 4 is 29.0 Å². The van der Waals surface area contributed by atoms with Gasteiger partial charge in [0.1, 0.15) is 0 Å². The van der Waals surface area contributed by atoms with Crippen LogP contribution in [0.4, 0.5) is 0 Å². The van der Waals surface area contributed by atoms with Gasteiger partial charge in [-0.15, -0.1) is 11.3 Å². The highest BCUT2D eigenvalue weighted by atomic mass is 32.2. The van der Waals surface area contributed by atoms with Crippen LogP contribution in [0.2, 0.25) is 0 Å². The Morgan fingerprint density at radius 1 is 1.45 bits per heavy atom. The fourth-order valence-electron chi connectivity index (χ4n) is 2.41. The van der Waals surface area contributed by atoms with E-state index in [0.717, 1.165) is 42.1 Å². The molecule has 0 bridgehead atoms. The maximum atomic E-state index is 12.2. The second-order valence-electron chi connectivity index (χ2n) is 5.46. The van der Waals surface area contributed by atoms with E-state index in [4.69, 9.17) is 0 Å². The van der Waals surface area contributed by atoms with Gasteiger partial charge in [-0.25, -0.2) is 0 Å². The highest BCUT2D eigenvalue weighted by Gasteiger charge is 2.30. The Labute approximate surface area is 129 Å². The van der Waals surface area contributed by atoms with Gasteiger partial charge < -0.3 is 10.4 Å². The van der Waals surface area contributed by atoms with Gasteiger partial charge in [-0.1, -0.05) is 13.3 Å². The number of nitrogens with one attached hydrogen (secondary N) is 1. The van der Waals surface area contributed by atoms with E-state index in [2.05, 4.69) is 19.2 Å². The van der Waals surface area contributed by atoms with E-state index in [-0.39, 0.29) is 5.91 Å². The van der Waals surface area contributed by atoms with E-state index in [0.29, 0.717) is 6.54 Å². The van der Waals surface area contributed by atoms with Crippen molar-refractivity contribution in [2.45, 2.75) is 45.1 Å². The molecule has 0 atom stereocenters. The summed E-state index contributed by atoms with van der Waals surface area (Å²) in [5, 5.41) is 13.3. The summed E-state index contributed by atoms with van der Waals surface area (Å²) in [7, 11) is 0. The van der Waals surface area contributed by atoms with Crippen LogP contribution in [-0.2, 0) is 6.42 Å². The number of hydrogen-bond donors (Lipinski definition) is 2. The predicted octanol–water partition coefficient (Wildman–Crippen LogP) is 3.00. The molecule has 112 valence electrons. The lowest BCUT2D eigenvalue weighted by molar-refractivity contribution is 0.0312. The molecular weight excluding hydrogens is 290 g/mol. The molecule has 1 aliphatic rings. The summed E-state index contributed by atoms with van der Waals surface area (Å²) in [4.78, 5) is 14.2. The van der Waals surface area contributed by atoms with Gasteiger partial charge in [0.25, 0.3) is 5.91 Å². The van der Waals surface area contributed by atoms with Crippen LogP contribution in [0, 0.1) is 6.92 Å². The van der Waals surface area contributed by atoms with Crippen molar-refractivity contribution in [2.75, 3.05) is 18.1 Å². The molecule has 5 heteroatoms. The Balaban J connectivity index is 1.92. The van der Waals surface area contributed by atoms with Gasteiger partial charge in [-0.3, -0.25) is 4.79 Å². The average Bonchev–Trinajstić information content (AvgIpc) is 2.79. The standard InChI is InChI=1S/C15H23NO2S2/c1-3-4-12-9-13(20-11(12)2)14(17)16-10-15(18)5-7-19-8-6-15/h9,18H,3-8,10H2,1-2H3,(H,16,17). The summed E-state index contributed by atoms with van der Waals surface area (Å²) >= 11 is 3.42. The highest BCUT2D eigenvalue weighted by molar-refractivity contribution is 7.99. The largest absolute Gasteiger partial charge is 0.388 e. The maximum absolute atomic E-state index is 12.2. The summed E-state index contributed by atoms with van der Waals surface area (Å²) in [5.41, 5.74) is 0.565. The lowest BCUT2D eigenvalue weighted by Crippen LogP contribution is -2.45. The fraction of sp³-hybridized carbons (Fsp3) is 0.667. The zero-order valence-corrected chi connectivity index (χ0v) is 13.8. The highest BCUT2D eigenvalue weighted by Crippen LogP contribution is 2.27. The summed E-state index contributed by atoms with van der Waals surface area (Å²) < 4.78 is 0. The van der Waals surface area contributed by atoms with Crippen LogP contribution in [0.15, 0.2) is 6.07 Å². The van der Waals surface area contributed by atoms with Crippen LogP contribution in [0.25, 0.3) is 0 Å². The summed E-state index contributed by atoms with van der Waals surface area (Å²) in [6, 6.07) is 2.00. The van der Waals surface area contributed by atoms with Gasteiger partial charge in [0.15, 0.2) is 0 Å². The lowest BCUT2D eigenvalue weighted by atomic mass is 9.97. The van der Waals surface area contributed by atoms with Gasteiger partial charge in [-0.05, 0) is 49.3 Å². The number of thiophene rings is 1. The van der Waals surface area contributed by atoms with E-state index in [1.54, 1.807) is 11.3 Å². The monoisotopic (exact) mass is 313 g/mol. The van der Waals surface area contributed by atoms with E-state index in [9.17, 15) is 9.90 Å². The van der Waals surface area contributed by atoms with Crippen LogP contribution in [0.5, 0.6) is 0 Å². The molecule has 0 saturated carbocycles. The van der Waals surface area contributed by atoms with E-state index >= 15 is 0 Å². The van der Waals surface area contributed by atoms with Crippen molar-refractivity contribution in [3.05, 3.63) is 21.4 Å². The minimum absolute atomic E-state index is 0.0490. The third-order valence-corrected chi connectivity index (χ3v) is 5.84. The number of carbonyl (C=O) groups is 1. The molecule has 1 fully saturated rings. The smallest absolute Gasteiger partial charge is 0.261 e. The quantitative estimate of drug-likeness (QED) is 0.878. The van der Waals surface area contributed by atoms with Crippen LogP contribution >= 0.6 is 23.1 Å². The predicted molar refractivity (Wildman–Crippen MR) is 86.9 cm³/mol. The van der Waals surface area contributed by atoms with Crippen molar-refractivity contribution in [3.8, 4) is 0 Å². The number of amides is 1. The first-order chi connectivity index (χ1) is 9.54. The molecule has 0 spiro atoms. The first-order valence-corrected chi connectivity index (χ1v) is 9.19. The molecule has 1 aliphatic heterocycles. The normalized spacial score (nSPS) is 17.9. The molecule has 1 aromatic rings. The van der Waals surface area contributed by atoms with Crippen molar-refractivity contribution in [2.24, 2.45) is 0 Å². The third kappa shape index (κ3) is 3.99. The van der Waals surface area contributed by atoms with Crippen LogP contribution in [0.3, 0.4) is 0 Å². The Hall–Kier alpha value is -0.520. The minimum Gasteiger partial charge on any atom is -0.388 e. The molecule has 1 saturated heterocycles. The molecule has 0 aliphatic carbocycles. The second-order valence-corrected chi connectivity index (χ2v) is 7.94. The van der Waals surface area contributed by atoms with Crippen molar-refractivity contribution in [1.82, 2.24) is 5.32 Å². The van der Waals surface area contributed by atoms with Crippen molar-refractivity contribution in [3.63, 3.8) is 0 Å². The van der Waals surface area contributed by atoms with Crippen molar-refractivity contribution < 1.29 is 9.90 Å².